The lowest BCUT2D eigenvalue weighted by Crippen LogP contribution is -2.42. The maximum Gasteiger partial charge on any atom is 0.210 e. The fraction of sp³-hybridized carbons (Fsp3) is 0.261. The van der Waals surface area contributed by atoms with E-state index in [4.69, 9.17) is 0 Å². The lowest BCUT2D eigenvalue weighted by Gasteiger charge is -2.40. The lowest BCUT2D eigenvalue weighted by molar-refractivity contribution is -0.118. The molecule has 2 aromatic rings. The van der Waals surface area contributed by atoms with E-state index in [0.717, 1.165) is 5.70 Å². The van der Waals surface area contributed by atoms with Crippen molar-refractivity contribution in [3.8, 4) is 0 Å². The Kier molecular flexibility index (Phi) is 3.68. The van der Waals surface area contributed by atoms with Gasteiger partial charge in [-0.2, -0.15) is 0 Å². The third kappa shape index (κ3) is 2.59. The Balaban J connectivity index is 1.76. The van der Waals surface area contributed by atoms with Crippen LogP contribution in [0.15, 0.2) is 65.5 Å². The number of dihydropyridines is 1. The largest absolute Gasteiger partial charge is 0.355 e. The van der Waals surface area contributed by atoms with Gasteiger partial charge in [-0.05, 0) is 11.8 Å². The number of ketones is 3. The normalized spacial score (nSPS) is 22.7. The van der Waals surface area contributed by atoms with Crippen molar-refractivity contribution in [2.24, 2.45) is 5.41 Å². The third-order valence-electron chi connectivity index (χ3n) is 5.84. The molecule has 1 aromatic carbocycles. The summed E-state index contributed by atoms with van der Waals surface area (Å²) in [5.74, 6) is -1.11. The molecule has 0 saturated carbocycles. The second-order valence-electron chi connectivity index (χ2n) is 8.56. The number of hydrogen-bond donors (Lipinski definition) is 1. The van der Waals surface area contributed by atoms with Crippen molar-refractivity contribution >= 4 is 17.3 Å². The van der Waals surface area contributed by atoms with Gasteiger partial charge in [0.2, 0.25) is 5.78 Å². The molecule has 1 aliphatic heterocycles. The fourth-order valence-corrected chi connectivity index (χ4v) is 4.66. The summed E-state index contributed by atoms with van der Waals surface area (Å²) in [7, 11) is 0. The molecule has 1 unspecified atom stereocenters. The molecule has 0 amide bonds. The maximum atomic E-state index is 13.5. The van der Waals surface area contributed by atoms with Gasteiger partial charge in [0.1, 0.15) is 6.33 Å². The second kappa shape index (κ2) is 6.04. The summed E-state index contributed by atoms with van der Waals surface area (Å²) in [5, 5.41) is 3.19. The topological polar surface area (TPSA) is 89.0 Å². The molecule has 29 heavy (non-hydrogen) atoms. The van der Waals surface area contributed by atoms with Gasteiger partial charge in [-0.3, -0.25) is 14.4 Å². The highest BCUT2D eigenvalue weighted by Crippen LogP contribution is 2.48. The van der Waals surface area contributed by atoms with Crippen molar-refractivity contribution in [2.75, 3.05) is 0 Å². The molecule has 6 heteroatoms. The molecule has 2 heterocycles. The number of nitrogens with one attached hydrogen (secondary N) is 1. The standard InChI is InChI=1S/C23H19N3O3/c1-23(2)7-15-18(16(27)8-23)17(12-9-24-11-25-10-12)19-20(26-15)22(29)14-6-4-3-5-13(14)21(19)28/h3-6,9-11,17,26H,7-8H2,1-2H3. The number of allylic oxidation sites excluding steroid dienone is 4. The van der Waals surface area contributed by atoms with Crippen LogP contribution in [0.25, 0.3) is 0 Å². The number of Topliss-reactive ketones (excluding diaryl/α,β-unsaturated/α-hetero) is 3. The van der Waals surface area contributed by atoms with E-state index in [1.54, 1.807) is 36.7 Å². The van der Waals surface area contributed by atoms with Crippen molar-refractivity contribution < 1.29 is 14.4 Å². The van der Waals surface area contributed by atoms with Gasteiger partial charge in [0.05, 0.1) is 5.70 Å². The van der Waals surface area contributed by atoms with Crippen LogP contribution in [0.5, 0.6) is 0 Å². The van der Waals surface area contributed by atoms with Gasteiger partial charge in [0, 0.05) is 58.3 Å². The van der Waals surface area contributed by atoms with Crippen LogP contribution in [0.4, 0.5) is 0 Å². The second-order valence-corrected chi connectivity index (χ2v) is 8.56. The van der Waals surface area contributed by atoms with Gasteiger partial charge in [-0.1, -0.05) is 38.1 Å². The predicted octanol–water partition coefficient (Wildman–Crippen LogP) is 3.14. The molecule has 1 N–H and O–H groups in total. The molecule has 0 saturated heterocycles. The van der Waals surface area contributed by atoms with E-state index < -0.39 is 5.92 Å². The minimum atomic E-state index is -0.643. The molecule has 1 atom stereocenters. The molecule has 0 bridgehead atoms. The van der Waals surface area contributed by atoms with Crippen LogP contribution in [-0.4, -0.2) is 27.3 Å². The summed E-state index contributed by atoms with van der Waals surface area (Å²) < 4.78 is 0. The number of aromatic nitrogens is 2. The Labute approximate surface area is 167 Å². The molecule has 0 spiro atoms. The number of rotatable bonds is 1. The zero-order valence-corrected chi connectivity index (χ0v) is 16.2. The first-order valence-corrected chi connectivity index (χ1v) is 9.58. The number of carbonyl (C=O) groups is 3. The van der Waals surface area contributed by atoms with Crippen molar-refractivity contribution in [2.45, 2.75) is 32.6 Å². The Morgan fingerprint density at radius 1 is 0.931 bits per heavy atom. The first-order valence-electron chi connectivity index (χ1n) is 9.58. The number of fused-ring (bicyclic) bond motifs is 1. The summed E-state index contributed by atoms with van der Waals surface area (Å²) >= 11 is 0. The Bertz CT molecular complexity index is 1160. The maximum absolute atomic E-state index is 13.5. The number of benzene rings is 1. The van der Waals surface area contributed by atoms with Crippen LogP contribution in [-0.2, 0) is 4.79 Å². The van der Waals surface area contributed by atoms with E-state index in [0.29, 0.717) is 40.7 Å². The Hall–Kier alpha value is -3.41. The molecule has 6 nitrogen and oxygen atoms in total. The van der Waals surface area contributed by atoms with E-state index in [1.165, 1.54) is 6.33 Å². The zero-order valence-electron chi connectivity index (χ0n) is 16.2. The summed E-state index contributed by atoms with van der Waals surface area (Å²) in [6, 6.07) is 6.82. The lowest BCUT2D eigenvalue weighted by atomic mass is 9.66. The molecular formula is C23H19N3O3. The van der Waals surface area contributed by atoms with Gasteiger partial charge >= 0.3 is 0 Å². The minimum absolute atomic E-state index is 0.0109. The quantitative estimate of drug-likeness (QED) is 0.811. The summed E-state index contributed by atoms with van der Waals surface area (Å²) in [5.41, 5.74) is 3.03. The SMILES string of the molecule is CC1(C)CC(=O)C2=C(C1)NC1=C(C(=O)c3ccccc3C1=O)C2c1cncnc1. The van der Waals surface area contributed by atoms with Gasteiger partial charge in [-0.15, -0.1) is 0 Å². The molecule has 5 rings (SSSR count). The van der Waals surface area contributed by atoms with E-state index in [2.05, 4.69) is 15.3 Å². The highest BCUT2D eigenvalue weighted by atomic mass is 16.1. The molecule has 2 aliphatic carbocycles. The molecule has 144 valence electrons. The van der Waals surface area contributed by atoms with E-state index in [1.807, 2.05) is 13.8 Å². The average molecular weight is 385 g/mol. The molecule has 1 aromatic heterocycles. The number of carbonyl (C=O) groups excluding carboxylic acids is 3. The molecule has 0 fully saturated rings. The monoisotopic (exact) mass is 385 g/mol. The highest BCUT2D eigenvalue weighted by molar-refractivity contribution is 6.28. The fourth-order valence-electron chi connectivity index (χ4n) is 4.66. The van der Waals surface area contributed by atoms with Crippen LogP contribution in [0, 0.1) is 5.41 Å². The van der Waals surface area contributed by atoms with E-state index in [9.17, 15) is 14.4 Å². The van der Waals surface area contributed by atoms with Crippen molar-refractivity contribution in [3.05, 3.63) is 82.2 Å². The predicted molar refractivity (Wildman–Crippen MR) is 105 cm³/mol. The number of nitrogens with zero attached hydrogens (tertiary/aromatic N) is 2. The molecular weight excluding hydrogens is 366 g/mol. The van der Waals surface area contributed by atoms with Crippen molar-refractivity contribution in [3.63, 3.8) is 0 Å². The third-order valence-corrected chi connectivity index (χ3v) is 5.84. The summed E-state index contributed by atoms with van der Waals surface area (Å²) in [6.45, 7) is 4.06. The highest BCUT2D eigenvalue weighted by Gasteiger charge is 2.47. The van der Waals surface area contributed by atoms with Gasteiger partial charge < -0.3 is 5.32 Å². The van der Waals surface area contributed by atoms with Crippen molar-refractivity contribution in [1.82, 2.24) is 15.3 Å². The summed E-state index contributed by atoms with van der Waals surface area (Å²) in [4.78, 5) is 48.1. The van der Waals surface area contributed by atoms with Crippen LogP contribution in [0.1, 0.15) is 58.9 Å². The average Bonchev–Trinajstić information content (AvgIpc) is 2.70. The zero-order chi connectivity index (χ0) is 20.3. The Morgan fingerprint density at radius 3 is 2.28 bits per heavy atom. The number of hydrogen-bond acceptors (Lipinski definition) is 6. The summed E-state index contributed by atoms with van der Waals surface area (Å²) in [6.07, 6.45) is 5.65. The van der Waals surface area contributed by atoms with Crippen molar-refractivity contribution in [1.29, 1.82) is 0 Å². The smallest absolute Gasteiger partial charge is 0.210 e. The van der Waals surface area contributed by atoms with Crippen LogP contribution in [0.2, 0.25) is 0 Å². The minimum Gasteiger partial charge on any atom is -0.355 e. The Morgan fingerprint density at radius 2 is 1.59 bits per heavy atom. The molecule has 0 radical (unpaired) electrons. The van der Waals surface area contributed by atoms with Crippen LogP contribution in [0.3, 0.4) is 0 Å². The van der Waals surface area contributed by atoms with Gasteiger partial charge in [0.25, 0.3) is 0 Å². The first kappa shape index (κ1) is 17.7. The van der Waals surface area contributed by atoms with Gasteiger partial charge in [-0.25, -0.2) is 9.97 Å². The van der Waals surface area contributed by atoms with Crippen LogP contribution >= 0.6 is 0 Å². The van der Waals surface area contributed by atoms with E-state index in [-0.39, 0.29) is 28.5 Å². The first-order chi connectivity index (χ1) is 13.9. The molecule has 3 aliphatic rings. The van der Waals surface area contributed by atoms with E-state index >= 15 is 0 Å². The van der Waals surface area contributed by atoms with Crippen LogP contribution < -0.4 is 5.32 Å². The van der Waals surface area contributed by atoms with Gasteiger partial charge in [0.15, 0.2) is 11.6 Å².